The summed E-state index contributed by atoms with van der Waals surface area (Å²) in [5.74, 6) is -2.33. The predicted molar refractivity (Wildman–Crippen MR) is 131 cm³/mol. The number of hydrogen-bond donors (Lipinski definition) is 1. The summed E-state index contributed by atoms with van der Waals surface area (Å²) in [6.45, 7) is -7.49. The molecule has 4 aromatic rings. The van der Waals surface area contributed by atoms with Crippen molar-refractivity contribution in [1.29, 1.82) is 0 Å². The van der Waals surface area contributed by atoms with Gasteiger partial charge in [-0.25, -0.2) is 19.3 Å². The number of carbonyl (C=O) groups excluding carboxylic acids is 1. The number of methoxy groups -OCH3 is 1. The van der Waals surface area contributed by atoms with Crippen molar-refractivity contribution in [3.05, 3.63) is 71.2 Å². The number of anilines is 2. The summed E-state index contributed by atoms with van der Waals surface area (Å²) in [5, 5.41) is 6.44. The Morgan fingerprint density at radius 2 is 2.22 bits per heavy atom. The topological polar surface area (TPSA) is 103 Å². The lowest BCUT2D eigenvalue weighted by molar-refractivity contribution is 0.0380. The summed E-state index contributed by atoms with van der Waals surface area (Å²) >= 11 is 0. The third kappa shape index (κ3) is 4.44. The van der Waals surface area contributed by atoms with Gasteiger partial charge in [0.15, 0.2) is 5.82 Å². The number of ether oxygens (including phenoxy) is 1. The van der Waals surface area contributed by atoms with Crippen LogP contribution in [0.2, 0.25) is 0 Å². The summed E-state index contributed by atoms with van der Waals surface area (Å²) in [6.07, 6.45) is 3.52. The minimum Gasteiger partial charge on any atom is -0.382 e. The van der Waals surface area contributed by atoms with Crippen LogP contribution in [0.5, 0.6) is 0 Å². The van der Waals surface area contributed by atoms with E-state index in [1.165, 1.54) is 42.1 Å². The Bertz CT molecular complexity index is 1820. The average Bonchev–Trinajstić information content (AvgIpc) is 3.60. The van der Waals surface area contributed by atoms with Gasteiger partial charge in [0.2, 0.25) is 5.95 Å². The quantitative estimate of drug-likeness (QED) is 0.415. The van der Waals surface area contributed by atoms with E-state index in [2.05, 4.69) is 25.4 Å². The van der Waals surface area contributed by atoms with Crippen LogP contribution < -0.4 is 5.32 Å². The van der Waals surface area contributed by atoms with E-state index < -0.39 is 51.7 Å². The van der Waals surface area contributed by atoms with E-state index in [1.807, 2.05) is 0 Å². The third-order valence-corrected chi connectivity index (χ3v) is 5.57. The Kier molecular flexibility index (Phi) is 3.65. The van der Waals surface area contributed by atoms with Crippen molar-refractivity contribution in [3.63, 3.8) is 0 Å². The number of aromatic nitrogens is 6. The summed E-state index contributed by atoms with van der Waals surface area (Å²) in [5.41, 5.74) is -0.722. The molecule has 0 saturated heterocycles. The summed E-state index contributed by atoms with van der Waals surface area (Å²) in [6, 6.07) is 3.68. The van der Waals surface area contributed by atoms with Crippen molar-refractivity contribution in [3.8, 4) is 11.4 Å². The fraction of sp³-hybridized carbons (Fsp3) is 0.320. The van der Waals surface area contributed by atoms with Gasteiger partial charge in [0, 0.05) is 53.7 Å². The Hall–Kier alpha value is -4.12. The number of halogens is 1. The lowest BCUT2D eigenvalue weighted by atomic mass is 10.1. The zero-order valence-electron chi connectivity index (χ0n) is 29.9. The number of nitrogens with zero attached hydrogens (tertiary/aromatic N) is 7. The lowest BCUT2D eigenvalue weighted by Gasteiger charge is -2.35. The van der Waals surface area contributed by atoms with Crippen LogP contribution in [-0.2, 0) is 24.8 Å². The number of rotatable bonds is 7. The maximum absolute atomic E-state index is 14.5. The molecule has 11 heteroatoms. The molecule has 1 amide bonds. The highest BCUT2D eigenvalue weighted by molar-refractivity contribution is 5.92. The first kappa shape index (κ1) is 13.8. The van der Waals surface area contributed by atoms with Crippen LogP contribution in [0.25, 0.3) is 11.4 Å². The molecule has 0 saturated carbocycles. The van der Waals surface area contributed by atoms with Crippen LogP contribution in [0.3, 0.4) is 0 Å². The average molecular weight is 502 g/mol. The van der Waals surface area contributed by atoms with Gasteiger partial charge in [-0.15, -0.1) is 0 Å². The standard InChI is InChI=1S/C25H27FN8O2/c1-15-5-6-17(9-19(15)26)11-34-18(14-36-4)12-33-13-20(29-23(33)24(34)35)22-16(2)10-27-25(31-22)30-21-7-8-28-32(21)3/h5-10,13,18H,11-12,14H2,1-4H3,(H,27,30,31)/t18-/m1/s1/i2D3,3D3,4D3,11D2. The SMILES string of the molecule is [2H]C([2H])([2H])OC[C@H]1Cn2cc(-c3nc(Nc4ccnn4C([2H])([2H])[2H])ncc3C([2H])([2H])[2H])nc2C(=O)N1C([2H])([2H])c1ccc(C)c(F)c1. The molecule has 186 valence electrons. The fourth-order valence-electron chi connectivity index (χ4n) is 3.74. The van der Waals surface area contributed by atoms with Crippen LogP contribution in [0.15, 0.2) is 42.9 Å². The van der Waals surface area contributed by atoms with Gasteiger partial charge in [-0.3, -0.25) is 9.48 Å². The van der Waals surface area contributed by atoms with Gasteiger partial charge >= 0.3 is 0 Å². The molecule has 3 aromatic heterocycles. The van der Waals surface area contributed by atoms with E-state index in [4.69, 9.17) is 19.8 Å². The van der Waals surface area contributed by atoms with Crippen LogP contribution in [0, 0.1) is 19.6 Å². The number of aryl methyl sites for hydroxylation is 3. The van der Waals surface area contributed by atoms with E-state index >= 15 is 0 Å². The summed E-state index contributed by atoms with van der Waals surface area (Å²) in [4.78, 5) is 27.3. The van der Waals surface area contributed by atoms with Gasteiger partial charge in [-0.05, 0) is 36.5 Å². The van der Waals surface area contributed by atoms with Crippen molar-refractivity contribution in [2.45, 2.75) is 32.9 Å². The van der Waals surface area contributed by atoms with Gasteiger partial charge in [0.05, 0.1) is 31.4 Å². The van der Waals surface area contributed by atoms with Gasteiger partial charge in [-0.1, -0.05) is 12.1 Å². The van der Waals surface area contributed by atoms with Crippen LogP contribution in [-0.4, -0.2) is 59.8 Å². The van der Waals surface area contributed by atoms with Gasteiger partial charge < -0.3 is 19.5 Å². The van der Waals surface area contributed by atoms with Crippen molar-refractivity contribution in [1.82, 2.24) is 34.2 Å². The molecule has 1 atom stereocenters. The summed E-state index contributed by atoms with van der Waals surface area (Å²) in [7, 11) is -2.88. The molecule has 1 aromatic carbocycles. The number of carbonyl (C=O) groups is 1. The molecule has 0 aliphatic carbocycles. The molecule has 36 heavy (non-hydrogen) atoms. The number of hydrogen-bond acceptors (Lipinski definition) is 7. The highest BCUT2D eigenvalue weighted by Crippen LogP contribution is 2.27. The minimum absolute atomic E-state index is 0.0283. The molecular weight excluding hydrogens is 463 g/mol. The van der Waals surface area contributed by atoms with Gasteiger partial charge in [-0.2, -0.15) is 5.10 Å². The Labute approximate surface area is 223 Å². The van der Waals surface area contributed by atoms with Crippen molar-refractivity contribution in [2.75, 3.05) is 19.0 Å². The highest BCUT2D eigenvalue weighted by Gasteiger charge is 2.35. The van der Waals surface area contributed by atoms with E-state index in [0.717, 1.165) is 17.2 Å². The van der Waals surface area contributed by atoms with E-state index in [1.54, 1.807) is 0 Å². The number of benzene rings is 1. The normalized spacial score (nSPS) is 21.3. The Morgan fingerprint density at radius 1 is 1.31 bits per heavy atom. The number of fused-ring (bicyclic) bond motifs is 1. The monoisotopic (exact) mass is 501 g/mol. The predicted octanol–water partition coefficient (Wildman–Crippen LogP) is 3.24. The van der Waals surface area contributed by atoms with E-state index in [0.29, 0.717) is 4.68 Å². The van der Waals surface area contributed by atoms with Gasteiger partial charge in [0.25, 0.3) is 5.91 Å². The molecule has 1 aliphatic rings. The molecule has 0 unspecified atom stereocenters. The third-order valence-electron chi connectivity index (χ3n) is 5.57. The number of amides is 1. The zero-order valence-corrected chi connectivity index (χ0v) is 18.9. The van der Waals surface area contributed by atoms with Crippen molar-refractivity contribution < 1.29 is 29.0 Å². The van der Waals surface area contributed by atoms with Gasteiger partial charge in [0.1, 0.15) is 17.3 Å². The second-order valence-electron chi connectivity index (χ2n) is 8.03. The molecule has 1 N–H and O–H groups in total. The molecular formula is C25H27FN8O2. The molecule has 10 nitrogen and oxygen atoms in total. The van der Waals surface area contributed by atoms with Crippen LogP contribution in [0.1, 0.15) is 42.4 Å². The van der Waals surface area contributed by atoms with Crippen molar-refractivity contribution >= 4 is 17.7 Å². The lowest BCUT2D eigenvalue weighted by Crippen LogP contribution is -2.49. The molecule has 4 heterocycles. The first-order valence-corrected chi connectivity index (χ1v) is 10.7. The second kappa shape index (κ2) is 9.50. The highest BCUT2D eigenvalue weighted by atomic mass is 19.1. The van der Waals surface area contributed by atoms with E-state index in [-0.39, 0.29) is 52.2 Å². The number of imidazole rings is 1. The molecule has 1 aliphatic heterocycles. The maximum atomic E-state index is 14.5. The zero-order chi connectivity index (χ0) is 34.7. The Morgan fingerprint density at radius 3 is 3.03 bits per heavy atom. The second-order valence-corrected chi connectivity index (χ2v) is 8.03. The minimum atomic E-state index is -2.88. The van der Waals surface area contributed by atoms with Crippen LogP contribution in [0.4, 0.5) is 16.2 Å². The van der Waals surface area contributed by atoms with Crippen LogP contribution >= 0.6 is 0 Å². The largest absolute Gasteiger partial charge is 0.382 e. The van der Waals surface area contributed by atoms with E-state index in [9.17, 15) is 9.18 Å². The van der Waals surface area contributed by atoms with Crippen molar-refractivity contribution in [2.24, 2.45) is 6.98 Å². The Balaban J connectivity index is 1.59. The summed E-state index contributed by atoms with van der Waals surface area (Å²) < 4.78 is 109. The fourth-order valence-corrected chi connectivity index (χ4v) is 3.74. The molecule has 0 fully saturated rings. The smallest absolute Gasteiger partial charge is 0.290 e. The first-order chi connectivity index (χ1) is 21.7. The molecule has 0 bridgehead atoms. The maximum Gasteiger partial charge on any atom is 0.290 e. The molecule has 5 rings (SSSR count). The first-order valence-electron chi connectivity index (χ1n) is 16.2. The molecule has 0 spiro atoms. The molecule has 0 radical (unpaired) electrons. The number of nitrogens with one attached hydrogen (secondary N) is 1.